The van der Waals surface area contributed by atoms with Gasteiger partial charge in [-0.05, 0) is 54.1 Å². The fourth-order valence-electron chi connectivity index (χ4n) is 1.42. The van der Waals surface area contributed by atoms with E-state index in [-0.39, 0.29) is 0 Å². The summed E-state index contributed by atoms with van der Waals surface area (Å²) in [6.45, 7) is 3.67. The molecule has 78 valence electrons. The Morgan fingerprint density at radius 2 is 2.13 bits per heavy atom. The maximum atomic E-state index is 9.51. The van der Waals surface area contributed by atoms with Crippen molar-refractivity contribution in [3.8, 4) is 0 Å². The summed E-state index contributed by atoms with van der Waals surface area (Å²) in [5, 5.41) is 9.51. The summed E-state index contributed by atoms with van der Waals surface area (Å²) in [6.07, 6.45) is 1.27. The molecular weight excluding hydrogens is 303 g/mol. The summed E-state index contributed by atoms with van der Waals surface area (Å²) >= 11 is 2.22. The summed E-state index contributed by atoms with van der Waals surface area (Å²) in [6, 6.07) is 3.83. The van der Waals surface area contributed by atoms with Crippen LogP contribution in [-0.4, -0.2) is 15.1 Å². The monoisotopic (exact) mass is 314 g/mol. The zero-order valence-electron chi connectivity index (χ0n) is 8.53. The average Bonchev–Trinajstić information content (AvgIpc) is 2.18. The molecule has 1 atom stereocenters. The van der Waals surface area contributed by atoms with Crippen LogP contribution in [0.2, 0.25) is 0 Å². The Labute approximate surface area is 102 Å². The molecular formula is C11H11IN2O. The quantitative estimate of drug-likeness (QED) is 0.823. The van der Waals surface area contributed by atoms with Gasteiger partial charge < -0.3 is 5.11 Å². The van der Waals surface area contributed by atoms with Crippen molar-refractivity contribution >= 4 is 33.6 Å². The molecule has 0 spiro atoms. The number of fused-ring (bicyclic) bond motifs is 1. The minimum Gasteiger partial charge on any atom is -0.389 e. The number of hydrogen-bond donors (Lipinski definition) is 1. The maximum absolute atomic E-state index is 9.51. The molecule has 2 aromatic rings. The predicted octanol–water partition coefficient (Wildman–Crippen LogP) is 2.60. The second-order valence-electron chi connectivity index (χ2n) is 3.56. The SMILES string of the molecule is Cc1cnc2cc(C(C)O)cc(I)c2n1. The summed E-state index contributed by atoms with van der Waals surface area (Å²) in [5.74, 6) is 0. The number of hydrogen-bond acceptors (Lipinski definition) is 3. The van der Waals surface area contributed by atoms with Gasteiger partial charge in [0, 0.05) is 9.77 Å². The van der Waals surface area contributed by atoms with Crippen LogP contribution in [0.5, 0.6) is 0 Å². The average molecular weight is 314 g/mol. The molecule has 0 aliphatic carbocycles. The second-order valence-corrected chi connectivity index (χ2v) is 4.72. The first-order chi connectivity index (χ1) is 7.08. The van der Waals surface area contributed by atoms with Crippen LogP contribution in [-0.2, 0) is 0 Å². The van der Waals surface area contributed by atoms with Crippen molar-refractivity contribution in [1.29, 1.82) is 0 Å². The molecule has 1 aromatic carbocycles. The van der Waals surface area contributed by atoms with Crippen molar-refractivity contribution in [1.82, 2.24) is 9.97 Å². The zero-order valence-corrected chi connectivity index (χ0v) is 10.7. The van der Waals surface area contributed by atoms with Gasteiger partial charge in [-0.15, -0.1) is 0 Å². The van der Waals surface area contributed by atoms with Crippen LogP contribution >= 0.6 is 22.6 Å². The van der Waals surface area contributed by atoms with Gasteiger partial charge in [0.15, 0.2) is 0 Å². The molecule has 0 fully saturated rings. The molecule has 0 aliphatic rings. The van der Waals surface area contributed by atoms with Crippen LogP contribution in [0.4, 0.5) is 0 Å². The molecule has 15 heavy (non-hydrogen) atoms. The molecule has 1 unspecified atom stereocenters. The van der Waals surface area contributed by atoms with Crippen molar-refractivity contribution in [2.45, 2.75) is 20.0 Å². The lowest BCUT2D eigenvalue weighted by Gasteiger charge is -2.07. The third kappa shape index (κ3) is 2.10. The molecule has 0 radical (unpaired) electrons. The fourth-order valence-corrected chi connectivity index (χ4v) is 2.18. The maximum Gasteiger partial charge on any atom is 0.102 e. The van der Waals surface area contributed by atoms with E-state index in [1.54, 1.807) is 13.1 Å². The first-order valence-corrected chi connectivity index (χ1v) is 5.76. The van der Waals surface area contributed by atoms with Gasteiger partial charge in [0.2, 0.25) is 0 Å². The van der Waals surface area contributed by atoms with Crippen molar-refractivity contribution in [2.24, 2.45) is 0 Å². The van der Waals surface area contributed by atoms with Gasteiger partial charge in [-0.1, -0.05) is 0 Å². The van der Waals surface area contributed by atoms with Crippen LogP contribution in [0.15, 0.2) is 18.3 Å². The van der Waals surface area contributed by atoms with Crippen LogP contribution in [0.3, 0.4) is 0 Å². The van der Waals surface area contributed by atoms with Gasteiger partial charge in [0.05, 0.1) is 17.3 Å². The molecule has 0 amide bonds. The smallest absolute Gasteiger partial charge is 0.102 e. The van der Waals surface area contributed by atoms with Gasteiger partial charge in [-0.3, -0.25) is 4.98 Å². The number of aromatic nitrogens is 2. The van der Waals surface area contributed by atoms with Gasteiger partial charge >= 0.3 is 0 Å². The van der Waals surface area contributed by atoms with E-state index in [4.69, 9.17) is 0 Å². The molecule has 1 N–H and O–H groups in total. The molecule has 4 heteroatoms. The zero-order chi connectivity index (χ0) is 11.0. The Hall–Kier alpha value is -0.750. The predicted molar refractivity (Wildman–Crippen MR) is 67.6 cm³/mol. The number of aliphatic hydroxyl groups is 1. The summed E-state index contributed by atoms with van der Waals surface area (Å²) in [4.78, 5) is 8.73. The molecule has 3 nitrogen and oxygen atoms in total. The van der Waals surface area contributed by atoms with Crippen LogP contribution in [0, 0.1) is 10.5 Å². The minimum absolute atomic E-state index is 0.467. The van der Waals surface area contributed by atoms with E-state index in [9.17, 15) is 5.11 Å². The Morgan fingerprint density at radius 3 is 2.80 bits per heavy atom. The second kappa shape index (κ2) is 4.02. The van der Waals surface area contributed by atoms with Gasteiger partial charge in [0.1, 0.15) is 5.52 Å². The van der Waals surface area contributed by atoms with E-state index < -0.39 is 6.10 Å². The summed E-state index contributed by atoms with van der Waals surface area (Å²) < 4.78 is 1.03. The topological polar surface area (TPSA) is 46.0 Å². The summed E-state index contributed by atoms with van der Waals surface area (Å²) in [7, 11) is 0. The highest BCUT2D eigenvalue weighted by Crippen LogP contribution is 2.23. The lowest BCUT2D eigenvalue weighted by molar-refractivity contribution is 0.199. The largest absolute Gasteiger partial charge is 0.389 e. The van der Waals surface area contributed by atoms with Crippen molar-refractivity contribution < 1.29 is 5.11 Å². The van der Waals surface area contributed by atoms with Crippen molar-refractivity contribution in [2.75, 3.05) is 0 Å². The number of halogens is 1. The first-order valence-electron chi connectivity index (χ1n) is 4.69. The molecule has 2 rings (SSSR count). The Balaban J connectivity index is 2.73. The van der Waals surface area contributed by atoms with E-state index >= 15 is 0 Å². The number of aliphatic hydroxyl groups excluding tert-OH is 1. The number of nitrogens with zero attached hydrogens (tertiary/aromatic N) is 2. The van der Waals surface area contributed by atoms with Gasteiger partial charge in [-0.2, -0.15) is 0 Å². The van der Waals surface area contributed by atoms with Gasteiger partial charge in [-0.25, -0.2) is 4.98 Å². The Kier molecular flexibility index (Phi) is 2.88. The highest BCUT2D eigenvalue weighted by atomic mass is 127. The Morgan fingerprint density at radius 1 is 1.40 bits per heavy atom. The minimum atomic E-state index is -0.467. The van der Waals surface area contributed by atoms with Crippen molar-refractivity contribution in [3.63, 3.8) is 0 Å². The first kappa shape index (κ1) is 10.8. The molecule has 0 saturated carbocycles. The molecule has 1 aromatic heterocycles. The third-order valence-corrected chi connectivity index (χ3v) is 3.05. The van der Waals surface area contributed by atoms with E-state index in [1.165, 1.54) is 0 Å². The van der Waals surface area contributed by atoms with Gasteiger partial charge in [0.25, 0.3) is 0 Å². The van der Waals surface area contributed by atoms with E-state index in [1.807, 2.05) is 19.1 Å². The highest BCUT2D eigenvalue weighted by Gasteiger charge is 2.07. The van der Waals surface area contributed by atoms with Crippen molar-refractivity contribution in [3.05, 3.63) is 33.2 Å². The Bertz CT molecular complexity index is 511. The summed E-state index contributed by atoms with van der Waals surface area (Å²) in [5.41, 5.74) is 3.53. The molecule has 0 bridgehead atoms. The number of aryl methyl sites for hydroxylation is 1. The molecule has 0 saturated heterocycles. The number of rotatable bonds is 1. The van der Waals surface area contributed by atoms with E-state index in [2.05, 4.69) is 32.6 Å². The normalized spacial score (nSPS) is 13.1. The lowest BCUT2D eigenvalue weighted by atomic mass is 10.1. The standard InChI is InChI=1S/C11H11IN2O/c1-6-5-13-10-4-8(7(2)15)3-9(12)11(10)14-6/h3-5,7,15H,1-2H3. The number of benzene rings is 1. The molecule has 0 aliphatic heterocycles. The van der Waals surface area contributed by atoms with E-state index in [0.29, 0.717) is 0 Å². The van der Waals surface area contributed by atoms with Crippen LogP contribution < -0.4 is 0 Å². The fraction of sp³-hybridized carbons (Fsp3) is 0.273. The third-order valence-electron chi connectivity index (χ3n) is 2.23. The molecule has 1 heterocycles. The van der Waals surface area contributed by atoms with Crippen LogP contribution in [0.25, 0.3) is 11.0 Å². The van der Waals surface area contributed by atoms with Crippen LogP contribution in [0.1, 0.15) is 24.3 Å². The highest BCUT2D eigenvalue weighted by molar-refractivity contribution is 14.1. The van der Waals surface area contributed by atoms with E-state index in [0.717, 1.165) is 25.9 Å². The lowest BCUT2D eigenvalue weighted by Crippen LogP contribution is -1.96.